The highest BCUT2D eigenvalue weighted by atomic mass is 16.5. The van der Waals surface area contributed by atoms with Crippen molar-refractivity contribution in [1.29, 1.82) is 0 Å². The number of ketones is 1. The quantitative estimate of drug-likeness (QED) is 0.495. The second-order valence-electron chi connectivity index (χ2n) is 8.14. The predicted molar refractivity (Wildman–Crippen MR) is 114 cm³/mol. The van der Waals surface area contributed by atoms with E-state index < -0.39 is 0 Å². The lowest BCUT2D eigenvalue weighted by atomic mass is 9.92. The third-order valence-electron chi connectivity index (χ3n) is 5.98. The van der Waals surface area contributed by atoms with Crippen LogP contribution in [0, 0.1) is 6.92 Å². The lowest BCUT2D eigenvalue weighted by Gasteiger charge is -2.15. The van der Waals surface area contributed by atoms with Gasteiger partial charge in [0.1, 0.15) is 18.1 Å². The molecule has 1 aliphatic rings. The molecule has 1 saturated carbocycles. The first kappa shape index (κ1) is 18.8. The van der Waals surface area contributed by atoms with Crippen molar-refractivity contribution < 1.29 is 9.53 Å². The second-order valence-corrected chi connectivity index (χ2v) is 8.14. The molecule has 3 heteroatoms. The van der Waals surface area contributed by atoms with E-state index in [1.54, 1.807) is 6.92 Å². The second kappa shape index (κ2) is 8.22. The van der Waals surface area contributed by atoms with Crippen LogP contribution >= 0.6 is 0 Å². The molecular weight excluding hydrogens is 346 g/mol. The number of hydrogen-bond donors (Lipinski definition) is 0. The molecule has 2 aromatic carbocycles. The minimum Gasteiger partial charge on any atom is -0.489 e. The predicted octanol–water partition coefficient (Wildman–Crippen LogP) is 6.17. The molecule has 0 aliphatic heterocycles. The average molecular weight is 376 g/mol. The summed E-state index contributed by atoms with van der Waals surface area (Å²) in [5.74, 6) is 1.86. The molecule has 0 unspecified atom stereocenters. The Hall–Kier alpha value is -2.55. The molecule has 28 heavy (non-hydrogen) atoms. The molecule has 0 bridgehead atoms. The van der Waals surface area contributed by atoms with Gasteiger partial charge in [-0.2, -0.15) is 0 Å². The number of aryl methyl sites for hydroxylation is 2. The minimum atomic E-state index is 0.219. The van der Waals surface area contributed by atoms with E-state index in [0.717, 1.165) is 29.1 Å². The number of aromatic nitrogens is 1. The first-order valence-electron chi connectivity index (χ1n) is 10.4. The first-order valence-corrected chi connectivity index (χ1v) is 10.4. The fourth-order valence-corrected chi connectivity index (χ4v) is 4.43. The smallest absolute Gasteiger partial charge is 0.131 e. The minimum absolute atomic E-state index is 0.219. The van der Waals surface area contributed by atoms with Crippen molar-refractivity contribution in [2.24, 2.45) is 0 Å². The summed E-state index contributed by atoms with van der Waals surface area (Å²) >= 11 is 0. The van der Waals surface area contributed by atoms with Gasteiger partial charge in [-0.3, -0.25) is 4.79 Å². The number of fused-ring (bicyclic) bond motifs is 1. The SMILES string of the molecule is CC(=O)CCn1ccc2cc(OCc3ccc(C4CCCC4)c(C)c3)ccc21. The monoisotopic (exact) mass is 375 g/mol. The zero-order valence-electron chi connectivity index (χ0n) is 16.9. The van der Waals surface area contributed by atoms with Crippen molar-refractivity contribution >= 4 is 16.7 Å². The van der Waals surface area contributed by atoms with Gasteiger partial charge < -0.3 is 9.30 Å². The van der Waals surface area contributed by atoms with Crippen LogP contribution in [-0.2, 0) is 17.9 Å². The molecule has 3 aromatic rings. The molecule has 4 rings (SSSR count). The summed E-state index contributed by atoms with van der Waals surface area (Å²) in [4.78, 5) is 11.2. The lowest BCUT2D eigenvalue weighted by Crippen LogP contribution is -2.01. The Morgan fingerprint density at radius 3 is 2.68 bits per heavy atom. The maximum absolute atomic E-state index is 11.2. The van der Waals surface area contributed by atoms with E-state index in [9.17, 15) is 4.79 Å². The number of carbonyl (C=O) groups excluding carboxylic acids is 1. The van der Waals surface area contributed by atoms with E-state index >= 15 is 0 Å². The molecule has 0 saturated heterocycles. The van der Waals surface area contributed by atoms with E-state index in [1.807, 2.05) is 12.3 Å². The third kappa shape index (κ3) is 4.14. The number of carbonyl (C=O) groups is 1. The zero-order valence-corrected chi connectivity index (χ0v) is 16.9. The summed E-state index contributed by atoms with van der Waals surface area (Å²) in [6.07, 6.45) is 8.02. The van der Waals surface area contributed by atoms with Gasteiger partial charge in [0.2, 0.25) is 0 Å². The Balaban J connectivity index is 1.42. The summed E-state index contributed by atoms with van der Waals surface area (Å²) in [6, 6.07) is 15.1. The van der Waals surface area contributed by atoms with Gasteiger partial charge in [0.05, 0.1) is 0 Å². The fraction of sp³-hybridized carbons (Fsp3) is 0.400. The van der Waals surface area contributed by atoms with E-state index in [1.165, 1.54) is 42.4 Å². The highest BCUT2D eigenvalue weighted by molar-refractivity contribution is 5.82. The van der Waals surface area contributed by atoms with E-state index in [4.69, 9.17) is 4.74 Å². The van der Waals surface area contributed by atoms with Crippen molar-refractivity contribution in [2.45, 2.75) is 65.0 Å². The summed E-state index contributed by atoms with van der Waals surface area (Å²) in [5, 5.41) is 1.15. The molecule has 0 radical (unpaired) electrons. The summed E-state index contributed by atoms with van der Waals surface area (Å²) < 4.78 is 8.20. The standard InChI is InChI=1S/C25H29NO2/c1-18-15-20(7-9-24(18)21-5-3-4-6-21)17-28-23-8-10-25-22(16-23)12-14-26(25)13-11-19(2)27/h7-10,12,14-16,21H,3-6,11,13,17H2,1-2H3. The number of hydrogen-bond acceptors (Lipinski definition) is 2. The molecule has 3 nitrogen and oxygen atoms in total. The van der Waals surface area contributed by atoms with E-state index in [-0.39, 0.29) is 5.78 Å². The van der Waals surface area contributed by atoms with Gasteiger partial charge in [-0.1, -0.05) is 31.0 Å². The van der Waals surface area contributed by atoms with Crippen molar-refractivity contribution in [2.75, 3.05) is 0 Å². The van der Waals surface area contributed by atoms with Crippen LogP contribution in [0.1, 0.15) is 61.6 Å². The molecule has 1 heterocycles. The van der Waals surface area contributed by atoms with Crippen LogP contribution in [0.4, 0.5) is 0 Å². The number of ether oxygens (including phenoxy) is 1. The van der Waals surface area contributed by atoms with Crippen LogP contribution in [0.25, 0.3) is 10.9 Å². The number of benzene rings is 2. The largest absolute Gasteiger partial charge is 0.489 e. The molecule has 0 N–H and O–H groups in total. The molecule has 1 aliphatic carbocycles. The first-order chi connectivity index (χ1) is 13.6. The molecule has 1 fully saturated rings. The van der Waals surface area contributed by atoms with Gasteiger partial charge in [-0.25, -0.2) is 0 Å². The van der Waals surface area contributed by atoms with E-state index in [0.29, 0.717) is 13.0 Å². The van der Waals surface area contributed by atoms with Gasteiger partial charge in [0.15, 0.2) is 0 Å². The van der Waals surface area contributed by atoms with Crippen LogP contribution in [0.5, 0.6) is 5.75 Å². The third-order valence-corrected chi connectivity index (χ3v) is 5.98. The number of rotatable bonds is 7. The Kier molecular flexibility index (Phi) is 5.52. The summed E-state index contributed by atoms with van der Waals surface area (Å²) in [5.41, 5.74) is 5.28. The molecular formula is C25H29NO2. The average Bonchev–Trinajstić information content (AvgIpc) is 3.34. The highest BCUT2D eigenvalue weighted by Crippen LogP contribution is 2.36. The fourth-order valence-electron chi connectivity index (χ4n) is 4.43. The van der Waals surface area contributed by atoms with E-state index in [2.05, 4.69) is 47.9 Å². The van der Waals surface area contributed by atoms with Gasteiger partial charge in [0, 0.05) is 30.1 Å². The van der Waals surface area contributed by atoms with Crippen LogP contribution in [-0.4, -0.2) is 10.4 Å². The van der Waals surface area contributed by atoms with Crippen molar-refractivity contribution in [3.8, 4) is 5.75 Å². The van der Waals surface area contributed by atoms with Crippen LogP contribution in [0.15, 0.2) is 48.7 Å². The maximum atomic E-state index is 11.2. The van der Waals surface area contributed by atoms with Crippen molar-refractivity contribution in [3.63, 3.8) is 0 Å². The van der Waals surface area contributed by atoms with Gasteiger partial charge >= 0.3 is 0 Å². The zero-order chi connectivity index (χ0) is 19.5. The van der Waals surface area contributed by atoms with Crippen LogP contribution in [0.2, 0.25) is 0 Å². The van der Waals surface area contributed by atoms with Gasteiger partial charge in [-0.15, -0.1) is 0 Å². The van der Waals surface area contributed by atoms with Crippen LogP contribution < -0.4 is 4.74 Å². The highest BCUT2D eigenvalue weighted by Gasteiger charge is 2.18. The Bertz CT molecular complexity index is 979. The molecule has 0 atom stereocenters. The van der Waals surface area contributed by atoms with Gasteiger partial charge in [0.25, 0.3) is 0 Å². The van der Waals surface area contributed by atoms with Crippen molar-refractivity contribution in [3.05, 3.63) is 65.4 Å². The Morgan fingerprint density at radius 1 is 1.11 bits per heavy atom. The Morgan fingerprint density at radius 2 is 1.93 bits per heavy atom. The van der Waals surface area contributed by atoms with Crippen LogP contribution in [0.3, 0.4) is 0 Å². The topological polar surface area (TPSA) is 31.2 Å². The molecule has 146 valence electrons. The molecule has 1 aromatic heterocycles. The normalized spacial score (nSPS) is 14.6. The Labute approximate surface area is 167 Å². The number of nitrogens with zero attached hydrogens (tertiary/aromatic N) is 1. The van der Waals surface area contributed by atoms with Crippen molar-refractivity contribution in [1.82, 2.24) is 4.57 Å². The summed E-state index contributed by atoms with van der Waals surface area (Å²) in [6.45, 7) is 5.18. The number of Topliss-reactive ketones (excluding diaryl/α,β-unsaturated/α-hetero) is 1. The maximum Gasteiger partial charge on any atom is 0.131 e. The molecule has 0 spiro atoms. The summed E-state index contributed by atoms with van der Waals surface area (Å²) in [7, 11) is 0. The van der Waals surface area contributed by atoms with Gasteiger partial charge in [-0.05, 0) is 73.6 Å². The lowest BCUT2D eigenvalue weighted by molar-refractivity contribution is -0.117. The molecule has 0 amide bonds.